The van der Waals surface area contributed by atoms with Gasteiger partial charge < -0.3 is 9.64 Å². The minimum Gasteiger partial charge on any atom is -0.472 e. The second kappa shape index (κ2) is 7.22. The average Bonchev–Trinajstić information content (AvgIpc) is 3.46. The number of rotatable bonds is 4. The van der Waals surface area contributed by atoms with E-state index in [4.69, 9.17) is 4.74 Å². The van der Waals surface area contributed by atoms with E-state index in [1.807, 2.05) is 36.1 Å². The highest BCUT2D eigenvalue weighted by Crippen LogP contribution is 2.40. The number of hydrogen-bond acceptors (Lipinski definition) is 6. The first-order chi connectivity index (χ1) is 14.1. The monoisotopic (exact) mass is 454 g/mol. The lowest BCUT2D eigenvalue weighted by molar-refractivity contribution is 0.0466. The van der Waals surface area contributed by atoms with Gasteiger partial charge in [-0.2, -0.15) is 10.2 Å². The van der Waals surface area contributed by atoms with E-state index in [1.54, 1.807) is 18.6 Å². The van der Waals surface area contributed by atoms with Crippen molar-refractivity contribution in [2.75, 3.05) is 6.54 Å². The molecule has 0 aromatic carbocycles. The first kappa shape index (κ1) is 18.2. The number of ether oxygens (including phenoxy) is 1. The summed E-state index contributed by atoms with van der Waals surface area (Å²) in [6, 6.07) is 7.42. The number of carbonyl (C=O) groups excluding carboxylic acids is 1. The van der Waals surface area contributed by atoms with Gasteiger partial charge in [-0.1, -0.05) is 0 Å². The fourth-order valence-electron chi connectivity index (χ4n) is 4.26. The third-order valence-corrected chi connectivity index (χ3v) is 5.98. The number of likely N-dealkylation sites (tertiary alicyclic amines) is 1. The predicted molar refractivity (Wildman–Crippen MR) is 108 cm³/mol. The van der Waals surface area contributed by atoms with Crippen molar-refractivity contribution in [1.82, 2.24) is 29.9 Å². The summed E-state index contributed by atoms with van der Waals surface area (Å²) in [5.41, 5.74) is 1.30. The summed E-state index contributed by atoms with van der Waals surface area (Å²) in [7, 11) is 0. The maximum atomic E-state index is 13.4. The zero-order valence-electron chi connectivity index (χ0n) is 15.8. The zero-order valence-corrected chi connectivity index (χ0v) is 17.4. The quantitative estimate of drug-likeness (QED) is 0.602. The third kappa shape index (κ3) is 3.39. The number of aromatic nitrogens is 5. The van der Waals surface area contributed by atoms with Crippen LogP contribution in [0.5, 0.6) is 5.88 Å². The van der Waals surface area contributed by atoms with E-state index in [2.05, 4.69) is 36.1 Å². The number of halogens is 1. The van der Waals surface area contributed by atoms with E-state index in [0.29, 0.717) is 23.2 Å². The average molecular weight is 455 g/mol. The highest BCUT2D eigenvalue weighted by Gasteiger charge is 2.48. The number of piperidine rings is 1. The minimum atomic E-state index is -0.0608. The van der Waals surface area contributed by atoms with E-state index < -0.39 is 0 Å². The largest absolute Gasteiger partial charge is 0.472 e. The fourth-order valence-corrected chi connectivity index (χ4v) is 4.49. The van der Waals surface area contributed by atoms with Crippen LogP contribution < -0.4 is 4.74 Å². The van der Waals surface area contributed by atoms with Crippen molar-refractivity contribution in [2.24, 2.45) is 5.92 Å². The Kier molecular flexibility index (Phi) is 4.54. The summed E-state index contributed by atoms with van der Waals surface area (Å²) in [6.45, 7) is 2.62. The second-order valence-electron chi connectivity index (χ2n) is 7.48. The molecule has 5 rings (SSSR count). The molecule has 0 radical (unpaired) electrons. The molecule has 1 aliphatic carbocycles. The molecule has 1 amide bonds. The van der Waals surface area contributed by atoms with E-state index in [0.717, 1.165) is 29.6 Å². The Hall–Kier alpha value is -2.81. The summed E-state index contributed by atoms with van der Waals surface area (Å²) < 4.78 is 7.03. The van der Waals surface area contributed by atoms with E-state index in [1.165, 1.54) is 4.80 Å². The van der Waals surface area contributed by atoms with Crippen molar-refractivity contribution in [1.29, 1.82) is 0 Å². The van der Waals surface area contributed by atoms with Crippen LogP contribution in [0.4, 0.5) is 0 Å². The van der Waals surface area contributed by atoms with Gasteiger partial charge in [0.25, 0.3) is 5.91 Å². The first-order valence-corrected chi connectivity index (χ1v) is 10.3. The number of carbonyl (C=O) groups is 1. The van der Waals surface area contributed by atoms with Crippen LogP contribution in [0.15, 0.2) is 47.3 Å². The lowest BCUT2D eigenvalue weighted by Gasteiger charge is -2.33. The molecule has 0 unspecified atom stereocenters. The molecule has 3 aromatic rings. The lowest BCUT2D eigenvalue weighted by atomic mass is 10.1. The van der Waals surface area contributed by atoms with Crippen molar-refractivity contribution in [2.45, 2.75) is 31.9 Å². The van der Waals surface area contributed by atoms with Gasteiger partial charge in [-0.05, 0) is 59.8 Å². The molecule has 2 aliphatic rings. The lowest BCUT2D eigenvalue weighted by Crippen LogP contribution is -2.47. The Labute approximate surface area is 176 Å². The summed E-state index contributed by atoms with van der Waals surface area (Å²) in [5, 5.41) is 8.32. The highest BCUT2D eigenvalue weighted by atomic mass is 79.9. The van der Waals surface area contributed by atoms with Gasteiger partial charge in [0.05, 0.1) is 24.0 Å². The minimum absolute atomic E-state index is 0.0256. The van der Waals surface area contributed by atoms with Crippen LogP contribution in [0.3, 0.4) is 0 Å². The van der Waals surface area contributed by atoms with Gasteiger partial charge >= 0.3 is 0 Å². The molecule has 2 fully saturated rings. The molecule has 4 heterocycles. The van der Waals surface area contributed by atoms with Crippen LogP contribution in [0.1, 0.15) is 28.9 Å². The molecule has 3 aromatic heterocycles. The molecule has 0 N–H and O–H groups in total. The second-order valence-corrected chi connectivity index (χ2v) is 8.39. The number of nitrogens with zero attached hydrogens (tertiary/aromatic N) is 6. The Morgan fingerprint density at radius 3 is 2.72 bits per heavy atom. The molecule has 9 heteroatoms. The molecule has 1 aliphatic heterocycles. The van der Waals surface area contributed by atoms with Gasteiger partial charge in [-0.3, -0.25) is 4.79 Å². The molecular formula is C20H19BrN6O2. The standard InChI is InChI=1S/C20H19BrN6O2/c1-12-2-4-15(19(25-12)27-23-6-7-24-27)20(28)26-11-13-8-16(26)17(9-13)29-18-5-3-14(21)10-22-18/h2-7,10,13,16-17H,8-9,11H2,1H3/t13-,16+,17-/m1/s1. The van der Waals surface area contributed by atoms with E-state index >= 15 is 0 Å². The van der Waals surface area contributed by atoms with Gasteiger partial charge in [0.15, 0.2) is 5.82 Å². The number of pyridine rings is 2. The Balaban J connectivity index is 1.40. The van der Waals surface area contributed by atoms with Gasteiger partial charge in [0.1, 0.15) is 6.10 Å². The van der Waals surface area contributed by atoms with Gasteiger partial charge in [-0.15, -0.1) is 4.80 Å². The molecule has 2 bridgehead atoms. The van der Waals surface area contributed by atoms with Crippen molar-refractivity contribution in [3.05, 3.63) is 58.6 Å². The number of aryl methyl sites for hydroxylation is 1. The zero-order chi connectivity index (χ0) is 20.0. The Morgan fingerprint density at radius 1 is 1.17 bits per heavy atom. The molecule has 148 valence electrons. The number of fused-ring (bicyclic) bond motifs is 2. The van der Waals surface area contributed by atoms with Crippen molar-refractivity contribution in [3.8, 4) is 11.7 Å². The van der Waals surface area contributed by atoms with Crippen LogP contribution in [-0.2, 0) is 0 Å². The van der Waals surface area contributed by atoms with Crippen LogP contribution >= 0.6 is 15.9 Å². The maximum absolute atomic E-state index is 13.4. The van der Waals surface area contributed by atoms with Gasteiger partial charge in [-0.25, -0.2) is 9.97 Å². The summed E-state index contributed by atoms with van der Waals surface area (Å²) in [4.78, 5) is 25.6. The number of hydrogen-bond donors (Lipinski definition) is 0. The topological polar surface area (TPSA) is 86.0 Å². The van der Waals surface area contributed by atoms with Crippen molar-refractivity contribution in [3.63, 3.8) is 0 Å². The molecule has 1 saturated carbocycles. The highest BCUT2D eigenvalue weighted by molar-refractivity contribution is 9.10. The van der Waals surface area contributed by atoms with Crippen LogP contribution in [0, 0.1) is 12.8 Å². The summed E-state index contributed by atoms with van der Waals surface area (Å²) in [6.07, 6.45) is 6.69. The number of amides is 1. The molecule has 3 atom stereocenters. The molecular weight excluding hydrogens is 436 g/mol. The van der Waals surface area contributed by atoms with Gasteiger partial charge in [0.2, 0.25) is 5.88 Å². The molecule has 8 nitrogen and oxygen atoms in total. The van der Waals surface area contributed by atoms with E-state index in [9.17, 15) is 4.79 Å². The van der Waals surface area contributed by atoms with Crippen LogP contribution in [0.25, 0.3) is 5.82 Å². The molecule has 29 heavy (non-hydrogen) atoms. The van der Waals surface area contributed by atoms with Crippen LogP contribution in [-0.4, -0.2) is 54.5 Å². The fraction of sp³-hybridized carbons (Fsp3) is 0.350. The summed E-state index contributed by atoms with van der Waals surface area (Å²) >= 11 is 3.38. The SMILES string of the molecule is Cc1ccc(C(=O)N2C[C@H]3C[C@@H](Oc4ccc(Br)cn4)[C@@H]2C3)c(-n2nccn2)n1. The summed E-state index contributed by atoms with van der Waals surface area (Å²) in [5.74, 6) is 1.41. The Bertz CT molecular complexity index is 1040. The maximum Gasteiger partial charge on any atom is 0.258 e. The van der Waals surface area contributed by atoms with E-state index in [-0.39, 0.29) is 18.1 Å². The first-order valence-electron chi connectivity index (χ1n) is 9.52. The Morgan fingerprint density at radius 2 is 2.00 bits per heavy atom. The van der Waals surface area contributed by atoms with Crippen molar-refractivity contribution >= 4 is 21.8 Å². The van der Waals surface area contributed by atoms with Crippen molar-refractivity contribution < 1.29 is 9.53 Å². The van der Waals surface area contributed by atoms with Crippen LogP contribution in [0.2, 0.25) is 0 Å². The molecule has 0 spiro atoms. The smallest absolute Gasteiger partial charge is 0.258 e. The third-order valence-electron chi connectivity index (χ3n) is 5.51. The van der Waals surface area contributed by atoms with Gasteiger partial charge in [0, 0.05) is 29.0 Å². The predicted octanol–water partition coefficient (Wildman–Crippen LogP) is 2.81. The normalized spacial score (nSPS) is 22.8. The molecule has 1 saturated heterocycles.